The van der Waals surface area contributed by atoms with Crippen molar-refractivity contribution in [2.45, 2.75) is 9.79 Å². The molecular weight excluding hydrogens is 319 g/mol. The fourth-order valence-electron chi connectivity index (χ4n) is 1.54. The molecule has 0 heterocycles. The van der Waals surface area contributed by atoms with Gasteiger partial charge < -0.3 is 0 Å². The van der Waals surface area contributed by atoms with Gasteiger partial charge in [-0.25, -0.2) is 16.8 Å². The van der Waals surface area contributed by atoms with Gasteiger partial charge in [0.25, 0.3) is 0 Å². The lowest BCUT2D eigenvalue weighted by molar-refractivity contribution is 0.577. The zero-order valence-electron chi connectivity index (χ0n) is 10.1. The van der Waals surface area contributed by atoms with E-state index in [0.717, 1.165) is 0 Å². The van der Waals surface area contributed by atoms with Gasteiger partial charge in [0, 0.05) is 0 Å². The van der Waals surface area contributed by atoms with Crippen LogP contribution >= 0.6 is 6.20 Å². The van der Waals surface area contributed by atoms with E-state index in [2.05, 4.69) is 0 Å². The first-order valence-electron chi connectivity index (χ1n) is 5.51. The molecule has 0 aliphatic rings. The minimum atomic E-state index is -4.39. The highest BCUT2D eigenvalue weighted by atomic mass is 33.1. The minimum absolute atomic E-state index is 0.261. The van der Waals surface area contributed by atoms with Crippen LogP contribution < -0.4 is 0 Å². The molecule has 0 amide bonds. The van der Waals surface area contributed by atoms with Gasteiger partial charge in [0.15, 0.2) is 0 Å². The van der Waals surface area contributed by atoms with Crippen molar-refractivity contribution in [3.05, 3.63) is 60.7 Å². The minimum Gasteiger partial charge on any atom is -0.292 e. The van der Waals surface area contributed by atoms with Crippen molar-refractivity contribution in [2.24, 2.45) is 0 Å². The summed E-state index contributed by atoms with van der Waals surface area (Å²) in [6, 6.07) is 13.8. The molecule has 0 saturated heterocycles. The third-order valence-corrected chi connectivity index (χ3v) is 13.2. The Morgan fingerprint density at radius 3 is 1.20 bits per heavy atom. The molecule has 0 aliphatic carbocycles. The van der Waals surface area contributed by atoms with Gasteiger partial charge in [-0.2, -0.15) is 0 Å². The van der Waals surface area contributed by atoms with Crippen molar-refractivity contribution in [1.82, 2.24) is 0 Å². The van der Waals surface area contributed by atoms with Crippen LogP contribution in [0.15, 0.2) is 70.5 Å². The fourth-order valence-corrected chi connectivity index (χ4v) is 10.4. The lowest BCUT2D eigenvalue weighted by Gasteiger charge is -2.06. The molecule has 0 atom stereocenters. The van der Waals surface area contributed by atoms with Gasteiger partial charge in [0.05, 0.1) is 9.79 Å². The molecule has 2 aromatic carbocycles. The topological polar surface area (TPSA) is 85.3 Å². The summed E-state index contributed by atoms with van der Waals surface area (Å²) >= 11 is 0. The molecule has 20 heavy (non-hydrogen) atoms. The summed E-state index contributed by atoms with van der Waals surface area (Å²) in [5, 5.41) is 0. The molecule has 0 aromatic heterocycles. The molecule has 0 fully saturated rings. The predicted octanol–water partition coefficient (Wildman–Crippen LogP) is 2.32. The molecule has 5 nitrogen and oxygen atoms in total. The molecule has 106 valence electrons. The van der Waals surface area contributed by atoms with E-state index in [9.17, 15) is 21.4 Å². The predicted molar refractivity (Wildman–Crippen MR) is 76.3 cm³/mol. The van der Waals surface area contributed by atoms with Crippen LogP contribution in [0.25, 0.3) is 0 Å². The number of hydrogen-bond acceptors (Lipinski definition) is 5. The molecule has 8 heteroatoms. The van der Waals surface area contributed by atoms with Crippen molar-refractivity contribution >= 4 is 25.1 Å². The third-order valence-electron chi connectivity index (χ3n) is 2.55. The highest BCUT2D eigenvalue weighted by Crippen LogP contribution is 2.45. The number of benzene rings is 2. The first-order chi connectivity index (χ1) is 9.37. The van der Waals surface area contributed by atoms with Crippen LogP contribution in [0.1, 0.15) is 0 Å². The van der Waals surface area contributed by atoms with Gasteiger partial charge in [-0.05, 0) is 24.3 Å². The fraction of sp³-hybridized carbons (Fsp3) is 0. The Labute approximate surface area is 117 Å². The Balaban J connectivity index is 2.53. The van der Waals surface area contributed by atoms with E-state index in [0.29, 0.717) is 0 Å². The normalized spacial score (nSPS) is 12.4. The zero-order valence-corrected chi connectivity index (χ0v) is 12.8. The monoisotopic (exact) mass is 330 g/mol. The van der Waals surface area contributed by atoms with E-state index in [1.54, 1.807) is 12.1 Å². The molecule has 0 bridgehead atoms. The van der Waals surface area contributed by atoms with Gasteiger partial charge in [-0.3, -0.25) is 4.57 Å². The summed E-state index contributed by atoms with van der Waals surface area (Å²) in [7, 11) is -8.77. The van der Waals surface area contributed by atoms with Gasteiger partial charge in [-0.15, -0.1) is 0 Å². The van der Waals surface area contributed by atoms with Crippen LogP contribution in [-0.4, -0.2) is 16.8 Å². The second-order valence-electron chi connectivity index (χ2n) is 3.88. The Morgan fingerprint density at radius 1 is 0.600 bits per heavy atom. The Morgan fingerprint density at radius 2 is 0.900 bits per heavy atom. The van der Waals surface area contributed by atoms with Crippen LogP contribution in [-0.2, 0) is 23.5 Å². The lowest BCUT2D eigenvalue weighted by Crippen LogP contribution is -2.03. The van der Waals surface area contributed by atoms with Crippen LogP contribution in [0.3, 0.4) is 0 Å². The van der Waals surface area contributed by atoms with Crippen LogP contribution in [0.5, 0.6) is 0 Å². The summed E-state index contributed by atoms with van der Waals surface area (Å²) < 4.78 is 60.5. The standard InChI is InChI=1S/C12H11O5PS2/c13-18(19(14,15)11-7-3-1-4-8-11)20(16,17)12-9-5-2-6-10-12/h1-10,18H. The smallest absolute Gasteiger partial charge is 0.292 e. The first-order valence-corrected chi connectivity index (χ1v) is 11.3. The Hall–Kier alpha value is -1.43. The number of hydrogen-bond donors (Lipinski definition) is 0. The molecule has 0 saturated carbocycles. The van der Waals surface area contributed by atoms with Crippen LogP contribution in [0.4, 0.5) is 0 Å². The van der Waals surface area contributed by atoms with Gasteiger partial charge in [0.1, 0.15) is 0 Å². The second-order valence-corrected chi connectivity index (χ2v) is 13.6. The second kappa shape index (κ2) is 5.52. The van der Waals surface area contributed by atoms with Crippen molar-refractivity contribution in [3.63, 3.8) is 0 Å². The van der Waals surface area contributed by atoms with E-state index in [1.165, 1.54) is 48.5 Å². The zero-order chi connectivity index (χ0) is 14.8. The SMILES string of the molecule is O=[PH](S(=O)(=O)c1ccccc1)S(=O)(=O)c1ccccc1. The van der Waals surface area contributed by atoms with E-state index < -0.39 is 25.1 Å². The van der Waals surface area contributed by atoms with E-state index in [-0.39, 0.29) is 9.79 Å². The van der Waals surface area contributed by atoms with Crippen LogP contribution in [0, 0.1) is 0 Å². The maximum absolute atomic E-state index is 12.1. The summed E-state index contributed by atoms with van der Waals surface area (Å²) in [4.78, 5) is -0.521. The maximum Gasteiger partial charge on any atom is 0.302 e. The highest BCUT2D eigenvalue weighted by Gasteiger charge is 2.35. The molecule has 0 aliphatic heterocycles. The van der Waals surface area contributed by atoms with Crippen molar-refractivity contribution in [3.8, 4) is 0 Å². The van der Waals surface area contributed by atoms with Crippen molar-refractivity contribution < 1.29 is 21.4 Å². The molecular formula is C12H11O5PS2. The lowest BCUT2D eigenvalue weighted by atomic mass is 10.4. The molecule has 0 unspecified atom stereocenters. The molecule has 2 rings (SSSR count). The summed E-state index contributed by atoms with van der Waals surface area (Å²) in [5.74, 6) is 0. The Bertz CT molecular complexity index is 756. The summed E-state index contributed by atoms with van der Waals surface area (Å²) in [6.07, 6.45) is -3.95. The van der Waals surface area contributed by atoms with E-state index >= 15 is 0 Å². The van der Waals surface area contributed by atoms with Gasteiger partial charge >= 0.3 is 6.20 Å². The maximum atomic E-state index is 12.1. The summed E-state index contributed by atoms with van der Waals surface area (Å²) in [5.41, 5.74) is 0. The molecule has 0 spiro atoms. The van der Waals surface area contributed by atoms with Crippen LogP contribution in [0.2, 0.25) is 0 Å². The quantitative estimate of drug-likeness (QED) is 0.803. The van der Waals surface area contributed by atoms with E-state index in [1.807, 2.05) is 0 Å². The average molecular weight is 330 g/mol. The van der Waals surface area contributed by atoms with Gasteiger partial charge in [-0.1, -0.05) is 36.4 Å². The van der Waals surface area contributed by atoms with Gasteiger partial charge in [0.2, 0.25) is 18.9 Å². The molecule has 2 aromatic rings. The first kappa shape index (κ1) is 15.0. The molecule has 0 radical (unpaired) electrons. The van der Waals surface area contributed by atoms with E-state index in [4.69, 9.17) is 0 Å². The summed E-state index contributed by atoms with van der Waals surface area (Å²) in [6.45, 7) is 0. The average Bonchev–Trinajstić information content (AvgIpc) is 2.48. The Kier molecular flexibility index (Phi) is 4.13. The van der Waals surface area contributed by atoms with Crippen molar-refractivity contribution in [1.29, 1.82) is 0 Å². The largest absolute Gasteiger partial charge is 0.302 e. The number of rotatable bonds is 4. The molecule has 0 N–H and O–H groups in total. The third kappa shape index (κ3) is 2.70. The van der Waals surface area contributed by atoms with Crippen molar-refractivity contribution in [2.75, 3.05) is 0 Å². The highest BCUT2D eigenvalue weighted by molar-refractivity contribution is 8.78.